The molecule has 0 aromatic heterocycles. The molecule has 0 saturated carbocycles. The number of nitriles is 1. The summed E-state index contributed by atoms with van der Waals surface area (Å²) < 4.78 is 0.982. The fourth-order valence-electron chi connectivity index (χ4n) is 1.36. The molecule has 0 spiro atoms. The van der Waals surface area contributed by atoms with Crippen molar-refractivity contribution in [3.05, 3.63) is 27.7 Å². The van der Waals surface area contributed by atoms with Crippen LogP contribution in [-0.2, 0) is 4.79 Å². The molecule has 3 nitrogen and oxygen atoms in total. The largest absolute Gasteiger partial charge is 0.325 e. The average Bonchev–Trinajstić information content (AvgIpc) is 2.11. The molecule has 0 heterocycles. The number of amides is 1. The van der Waals surface area contributed by atoms with E-state index in [4.69, 9.17) is 5.26 Å². The first-order chi connectivity index (χ1) is 7.04. The van der Waals surface area contributed by atoms with Crippen LogP contribution in [0.15, 0.2) is 16.6 Å². The molecule has 0 atom stereocenters. The summed E-state index contributed by atoms with van der Waals surface area (Å²) in [6, 6.07) is 5.67. The predicted molar refractivity (Wildman–Crippen MR) is 62.5 cm³/mol. The number of nitrogens with zero attached hydrogens (tertiary/aromatic N) is 1. The Morgan fingerprint density at radius 1 is 1.47 bits per heavy atom. The second kappa shape index (κ2) is 4.94. The van der Waals surface area contributed by atoms with E-state index in [2.05, 4.69) is 21.2 Å². The zero-order valence-electron chi connectivity index (χ0n) is 8.60. The predicted octanol–water partition coefficient (Wildman–Crippen LogP) is 2.92. The summed E-state index contributed by atoms with van der Waals surface area (Å²) >= 11 is 3.38. The molecule has 1 N–H and O–H groups in total. The Labute approximate surface area is 97.2 Å². The Balaban J connectivity index is 2.96. The Morgan fingerprint density at radius 3 is 2.47 bits per heavy atom. The normalized spacial score (nSPS) is 9.47. The van der Waals surface area contributed by atoms with E-state index < -0.39 is 0 Å². The molecule has 0 fully saturated rings. The summed E-state index contributed by atoms with van der Waals surface area (Å²) in [5, 5.41) is 11.1. The van der Waals surface area contributed by atoms with Crippen LogP contribution >= 0.6 is 15.9 Å². The van der Waals surface area contributed by atoms with E-state index in [-0.39, 0.29) is 12.3 Å². The topological polar surface area (TPSA) is 52.9 Å². The van der Waals surface area contributed by atoms with Crippen LogP contribution < -0.4 is 5.32 Å². The van der Waals surface area contributed by atoms with Gasteiger partial charge in [0.2, 0.25) is 5.91 Å². The van der Waals surface area contributed by atoms with Crippen molar-refractivity contribution in [2.75, 3.05) is 5.32 Å². The number of hydrogen-bond donors (Lipinski definition) is 1. The molecule has 0 aliphatic carbocycles. The minimum atomic E-state index is -0.272. The van der Waals surface area contributed by atoms with Crippen LogP contribution in [0.2, 0.25) is 0 Å². The Bertz CT molecular complexity index is 412. The highest BCUT2D eigenvalue weighted by Gasteiger charge is 2.07. The van der Waals surface area contributed by atoms with E-state index in [9.17, 15) is 4.79 Å². The lowest BCUT2D eigenvalue weighted by Gasteiger charge is -2.11. The van der Waals surface area contributed by atoms with E-state index in [1.807, 2.05) is 32.0 Å². The third kappa shape index (κ3) is 3.07. The number of rotatable bonds is 2. The third-order valence-electron chi connectivity index (χ3n) is 2.00. The van der Waals surface area contributed by atoms with Crippen LogP contribution in [-0.4, -0.2) is 5.91 Å². The first-order valence-corrected chi connectivity index (χ1v) is 5.27. The maximum absolute atomic E-state index is 11.3. The van der Waals surface area contributed by atoms with E-state index >= 15 is 0 Å². The maximum atomic E-state index is 11.3. The van der Waals surface area contributed by atoms with Gasteiger partial charge in [-0.1, -0.05) is 15.9 Å². The zero-order chi connectivity index (χ0) is 11.4. The summed E-state index contributed by atoms with van der Waals surface area (Å²) in [6.07, 6.45) is -0.116. The molecule has 15 heavy (non-hydrogen) atoms. The number of carbonyl (C=O) groups is 1. The van der Waals surface area contributed by atoms with Gasteiger partial charge in [0.1, 0.15) is 6.42 Å². The molecule has 0 radical (unpaired) electrons. The molecular formula is C11H11BrN2O. The maximum Gasteiger partial charge on any atom is 0.238 e. The number of aryl methyl sites for hydroxylation is 2. The van der Waals surface area contributed by atoms with Gasteiger partial charge in [-0.25, -0.2) is 0 Å². The van der Waals surface area contributed by atoms with Crippen molar-refractivity contribution < 1.29 is 4.79 Å². The van der Waals surface area contributed by atoms with Crippen LogP contribution in [0.1, 0.15) is 17.5 Å². The van der Waals surface area contributed by atoms with Gasteiger partial charge in [0.15, 0.2) is 0 Å². The molecule has 1 rings (SSSR count). The van der Waals surface area contributed by atoms with Crippen molar-refractivity contribution in [3.8, 4) is 6.07 Å². The number of halogens is 1. The Morgan fingerprint density at radius 2 is 2.00 bits per heavy atom. The molecule has 0 unspecified atom stereocenters. The van der Waals surface area contributed by atoms with E-state index in [1.165, 1.54) is 0 Å². The standard InChI is InChI=1S/C11H11BrN2O/c1-7-5-9(12)6-8(2)11(7)14-10(15)3-4-13/h5-6H,3H2,1-2H3,(H,14,15). The summed E-state index contributed by atoms with van der Waals surface area (Å²) in [5.74, 6) is -0.272. The second-order valence-corrected chi connectivity index (χ2v) is 4.21. The van der Waals surface area contributed by atoms with Gasteiger partial charge in [-0.15, -0.1) is 0 Å². The van der Waals surface area contributed by atoms with Gasteiger partial charge in [-0.3, -0.25) is 4.79 Å². The minimum Gasteiger partial charge on any atom is -0.325 e. The van der Waals surface area contributed by atoms with Crippen molar-refractivity contribution in [1.29, 1.82) is 5.26 Å². The molecule has 1 aromatic carbocycles. The van der Waals surface area contributed by atoms with Crippen LogP contribution in [0.4, 0.5) is 5.69 Å². The van der Waals surface area contributed by atoms with E-state index in [0.29, 0.717) is 0 Å². The molecule has 0 aliphatic heterocycles. The van der Waals surface area contributed by atoms with Crippen LogP contribution in [0.3, 0.4) is 0 Å². The van der Waals surface area contributed by atoms with E-state index in [1.54, 1.807) is 0 Å². The van der Waals surface area contributed by atoms with Crippen molar-refractivity contribution in [2.24, 2.45) is 0 Å². The average molecular weight is 267 g/mol. The van der Waals surface area contributed by atoms with Crippen LogP contribution in [0, 0.1) is 25.2 Å². The van der Waals surface area contributed by atoms with Crippen molar-refractivity contribution >= 4 is 27.5 Å². The highest BCUT2D eigenvalue weighted by molar-refractivity contribution is 9.10. The SMILES string of the molecule is Cc1cc(Br)cc(C)c1NC(=O)CC#N. The fraction of sp³-hybridized carbons (Fsp3) is 0.273. The fourth-order valence-corrected chi connectivity index (χ4v) is 2.05. The van der Waals surface area contributed by atoms with Crippen molar-refractivity contribution in [1.82, 2.24) is 0 Å². The van der Waals surface area contributed by atoms with Gasteiger partial charge in [0.25, 0.3) is 0 Å². The number of anilines is 1. The summed E-state index contributed by atoms with van der Waals surface area (Å²) in [4.78, 5) is 11.3. The Hall–Kier alpha value is -1.34. The summed E-state index contributed by atoms with van der Waals surface area (Å²) in [5.41, 5.74) is 2.75. The number of benzene rings is 1. The highest BCUT2D eigenvalue weighted by Crippen LogP contribution is 2.25. The van der Waals surface area contributed by atoms with Crippen molar-refractivity contribution in [3.63, 3.8) is 0 Å². The van der Waals surface area contributed by atoms with Crippen LogP contribution in [0.5, 0.6) is 0 Å². The van der Waals surface area contributed by atoms with E-state index in [0.717, 1.165) is 21.3 Å². The molecular weight excluding hydrogens is 256 g/mol. The lowest BCUT2D eigenvalue weighted by molar-refractivity contribution is -0.115. The summed E-state index contributed by atoms with van der Waals surface area (Å²) in [7, 11) is 0. The molecule has 1 aromatic rings. The molecule has 0 aliphatic rings. The minimum absolute atomic E-state index is 0.116. The smallest absolute Gasteiger partial charge is 0.238 e. The number of nitrogens with one attached hydrogen (secondary N) is 1. The molecule has 0 bridgehead atoms. The van der Waals surface area contributed by atoms with Gasteiger partial charge in [0.05, 0.1) is 6.07 Å². The number of carbonyl (C=O) groups excluding carboxylic acids is 1. The first kappa shape index (κ1) is 11.7. The van der Waals surface area contributed by atoms with Crippen molar-refractivity contribution in [2.45, 2.75) is 20.3 Å². The third-order valence-corrected chi connectivity index (χ3v) is 2.46. The van der Waals surface area contributed by atoms with Crippen LogP contribution in [0.25, 0.3) is 0 Å². The van der Waals surface area contributed by atoms with Gasteiger partial charge >= 0.3 is 0 Å². The highest BCUT2D eigenvalue weighted by atomic mass is 79.9. The van der Waals surface area contributed by atoms with Gasteiger partial charge in [-0.05, 0) is 37.1 Å². The van der Waals surface area contributed by atoms with Gasteiger partial charge in [-0.2, -0.15) is 5.26 Å². The molecule has 4 heteroatoms. The lowest BCUT2D eigenvalue weighted by Crippen LogP contribution is -2.12. The quantitative estimate of drug-likeness (QED) is 0.895. The molecule has 78 valence electrons. The lowest BCUT2D eigenvalue weighted by atomic mass is 10.1. The second-order valence-electron chi connectivity index (χ2n) is 3.30. The Kier molecular flexibility index (Phi) is 3.87. The molecule has 1 amide bonds. The monoisotopic (exact) mass is 266 g/mol. The zero-order valence-corrected chi connectivity index (χ0v) is 10.2. The van der Waals surface area contributed by atoms with Gasteiger partial charge < -0.3 is 5.32 Å². The number of hydrogen-bond acceptors (Lipinski definition) is 2. The molecule has 0 saturated heterocycles. The summed E-state index contributed by atoms with van der Waals surface area (Å²) in [6.45, 7) is 3.83. The first-order valence-electron chi connectivity index (χ1n) is 4.48. The van der Waals surface area contributed by atoms with Gasteiger partial charge in [0, 0.05) is 10.2 Å².